The van der Waals surface area contributed by atoms with Gasteiger partial charge in [-0.15, -0.1) is 0 Å². The van der Waals surface area contributed by atoms with Crippen LogP contribution in [0.5, 0.6) is 0 Å². The van der Waals surface area contributed by atoms with E-state index in [1.807, 2.05) is 6.07 Å². The molecule has 0 aliphatic heterocycles. The largest absolute Gasteiger partial charge is 0.456 e. The molecule has 278 valence electrons. The molecule has 0 radical (unpaired) electrons. The maximum atomic E-state index is 6.43. The average Bonchev–Trinajstić information content (AvgIpc) is 3.67. The smallest absolute Gasteiger partial charge is 0.137 e. The minimum atomic E-state index is 0.654. The van der Waals surface area contributed by atoms with Crippen LogP contribution in [-0.4, -0.2) is 0 Å². The van der Waals surface area contributed by atoms with E-state index in [0.717, 1.165) is 39.0 Å². The molecule has 0 N–H and O–H groups in total. The SMILES string of the molecule is c1cc(-c2ccc3ccccc3c2)c(-c2ccc(N(c3ccc(C4CCCCC4)cc3)c3ccc4c(c3)oc3ccccc34)cc2)c(-c2cccc3ccccc23)c1. The Labute approximate surface area is 339 Å². The van der Waals surface area contributed by atoms with Gasteiger partial charge >= 0.3 is 0 Å². The molecule has 1 aliphatic rings. The summed E-state index contributed by atoms with van der Waals surface area (Å²) in [5, 5.41) is 7.25. The van der Waals surface area contributed by atoms with Crippen LogP contribution in [0.25, 0.3) is 76.9 Å². The van der Waals surface area contributed by atoms with Crippen LogP contribution in [0.1, 0.15) is 43.6 Å². The van der Waals surface area contributed by atoms with Gasteiger partial charge in [0, 0.05) is 33.9 Å². The fourth-order valence-corrected chi connectivity index (χ4v) is 9.55. The van der Waals surface area contributed by atoms with E-state index in [1.165, 1.54) is 92.6 Å². The van der Waals surface area contributed by atoms with Crippen molar-refractivity contribution in [2.75, 3.05) is 4.90 Å². The lowest BCUT2D eigenvalue weighted by molar-refractivity contribution is 0.443. The Morgan fingerprint density at radius 2 is 0.983 bits per heavy atom. The quantitative estimate of drug-likeness (QED) is 0.162. The summed E-state index contributed by atoms with van der Waals surface area (Å²) in [4.78, 5) is 2.38. The van der Waals surface area contributed by atoms with Gasteiger partial charge in [-0.25, -0.2) is 0 Å². The second kappa shape index (κ2) is 14.6. The van der Waals surface area contributed by atoms with Crippen molar-refractivity contribution >= 4 is 60.5 Å². The van der Waals surface area contributed by atoms with Crippen LogP contribution in [0.3, 0.4) is 0 Å². The standard InChI is InChI=1S/C56H43NO/c1-2-12-38(13-3-1)40-26-30-45(31-27-40)57(47-34-35-52-51-19-8-9-23-54(51)58-55(52)37-47)46-32-28-42(29-33-46)56-49(44-25-24-39-14-4-5-16-43(39)36-44)20-11-22-53(56)50-21-10-17-41-15-6-7-18-48(41)50/h4-11,14-38H,1-3,12-13H2. The molecule has 1 aliphatic carbocycles. The zero-order chi connectivity index (χ0) is 38.4. The molecule has 0 unspecified atom stereocenters. The summed E-state index contributed by atoms with van der Waals surface area (Å²) in [7, 11) is 0. The summed E-state index contributed by atoms with van der Waals surface area (Å²) in [6.45, 7) is 0. The van der Waals surface area contributed by atoms with Crippen molar-refractivity contribution in [3.05, 3.63) is 200 Å². The Morgan fingerprint density at radius 1 is 0.379 bits per heavy atom. The highest BCUT2D eigenvalue weighted by molar-refractivity contribution is 6.07. The monoisotopic (exact) mass is 745 g/mol. The predicted molar refractivity (Wildman–Crippen MR) is 246 cm³/mol. The van der Waals surface area contributed by atoms with Gasteiger partial charge in [0.2, 0.25) is 0 Å². The fraction of sp³-hybridized carbons (Fsp3) is 0.107. The van der Waals surface area contributed by atoms with Crippen LogP contribution in [0.4, 0.5) is 17.1 Å². The molecule has 1 aromatic heterocycles. The molecule has 1 saturated carbocycles. The molecule has 9 aromatic carbocycles. The number of rotatable bonds is 7. The number of benzene rings is 9. The summed E-state index contributed by atoms with van der Waals surface area (Å²) < 4.78 is 6.43. The molecule has 1 heterocycles. The topological polar surface area (TPSA) is 16.4 Å². The maximum absolute atomic E-state index is 6.43. The zero-order valence-electron chi connectivity index (χ0n) is 32.4. The van der Waals surface area contributed by atoms with E-state index in [2.05, 4.69) is 193 Å². The van der Waals surface area contributed by atoms with Crippen LogP contribution in [0.2, 0.25) is 0 Å². The first-order chi connectivity index (χ1) is 28.7. The number of furan rings is 1. The lowest BCUT2D eigenvalue weighted by atomic mass is 9.84. The van der Waals surface area contributed by atoms with Gasteiger partial charge in [0.15, 0.2) is 0 Å². The normalized spacial score (nSPS) is 13.4. The molecule has 2 nitrogen and oxygen atoms in total. The third-order valence-corrected chi connectivity index (χ3v) is 12.5. The van der Waals surface area contributed by atoms with Crippen molar-refractivity contribution in [1.29, 1.82) is 0 Å². The van der Waals surface area contributed by atoms with Crippen molar-refractivity contribution < 1.29 is 4.42 Å². The first kappa shape index (κ1) is 34.4. The van der Waals surface area contributed by atoms with E-state index in [0.29, 0.717) is 5.92 Å². The summed E-state index contributed by atoms with van der Waals surface area (Å²) in [5.41, 5.74) is 13.8. The minimum Gasteiger partial charge on any atom is -0.456 e. The van der Waals surface area contributed by atoms with Crippen LogP contribution in [0.15, 0.2) is 199 Å². The van der Waals surface area contributed by atoms with Crippen molar-refractivity contribution in [2.45, 2.75) is 38.0 Å². The molecule has 0 atom stereocenters. The van der Waals surface area contributed by atoms with E-state index in [1.54, 1.807) is 0 Å². The lowest BCUT2D eigenvalue weighted by Crippen LogP contribution is -2.10. The van der Waals surface area contributed by atoms with E-state index in [4.69, 9.17) is 4.42 Å². The summed E-state index contributed by atoms with van der Waals surface area (Å²) >= 11 is 0. The van der Waals surface area contributed by atoms with Gasteiger partial charge in [0.05, 0.1) is 0 Å². The zero-order valence-corrected chi connectivity index (χ0v) is 32.4. The second-order valence-corrected chi connectivity index (χ2v) is 15.9. The van der Waals surface area contributed by atoms with Gasteiger partial charge in [0.1, 0.15) is 11.2 Å². The number of hydrogen-bond donors (Lipinski definition) is 0. The van der Waals surface area contributed by atoms with Crippen LogP contribution in [-0.2, 0) is 0 Å². The van der Waals surface area contributed by atoms with Crippen molar-refractivity contribution in [1.82, 2.24) is 0 Å². The van der Waals surface area contributed by atoms with Gasteiger partial charge in [0.25, 0.3) is 0 Å². The molecule has 58 heavy (non-hydrogen) atoms. The fourth-order valence-electron chi connectivity index (χ4n) is 9.55. The van der Waals surface area contributed by atoms with Gasteiger partial charge in [-0.1, -0.05) is 159 Å². The predicted octanol–water partition coefficient (Wildman–Crippen LogP) is 16.4. The number of para-hydroxylation sites is 1. The Hall–Kier alpha value is -6.90. The van der Waals surface area contributed by atoms with E-state index in [9.17, 15) is 0 Å². The molecular weight excluding hydrogens is 703 g/mol. The summed E-state index contributed by atoms with van der Waals surface area (Å²) in [6, 6.07) is 71.2. The van der Waals surface area contributed by atoms with Gasteiger partial charge in [-0.2, -0.15) is 0 Å². The third-order valence-electron chi connectivity index (χ3n) is 12.5. The molecule has 1 fully saturated rings. The Kier molecular flexibility index (Phi) is 8.62. The van der Waals surface area contributed by atoms with Crippen molar-refractivity contribution in [2.24, 2.45) is 0 Å². The van der Waals surface area contributed by atoms with E-state index < -0.39 is 0 Å². The molecule has 0 bridgehead atoms. The summed E-state index contributed by atoms with van der Waals surface area (Å²) in [5.74, 6) is 0.654. The molecule has 0 amide bonds. The lowest BCUT2D eigenvalue weighted by Gasteiger charge is -2.27. The molecular formula is C56H43NO. The minimum absolute atomic E-state index is 0.654. The van der Waals surface area contributed by atoms with Crippen molar-refractivity contribution in [3.8, 4) is 33.4 Å². The Morgan fingerprint density at radius 3 is 1.81 bits per heavy atom. The molecule has 0 saturated heterocycles. The maximum Gasteiger partial charge on any atom is 0.137 e. The van der Waals surface area contributed by atoms with Crippen LogP contribution >= 0.6 is 0 Å². The summed E-state index contributed by atoms with van der Waals surface area (Å²) in [6.07, 6.45) is 6.59. The molecule has 0 spiro atoms. The first-order valence-corrected chi connectivity index (χ1v) is 20.8. The van der Waals surface area contributed by atoms with Crippen LogP contribution < -0.4 is 4.90 Å². The van der Waals surface area contributed by atoms with Crippen LogP contribution in [0, 0.1) is 0 Å². The first-order valence-electron chi connectivity index (χ1n) is 20.8. The Bertz CT molecular complexity index is 3090. The van der Waals surface area contributed by atoms with Gasteiger partial charge < -0.3 is 9.32 Å². The number of fused-ring (bicyclic) bond motifs is 5. The average molecular weight is 746 g/mol. The second-order valence-electron chi connectivity index (χ2n) is 15.9. The number of nitrogens with zero attached hydrogens (tertiary/aromatic N) is 1. The highest BCUT2D eigenvalue weighted by atomic mass is 16.3. The number of hydrogen-bond acceptors (Lipinski definition) is 2. The number of anilines is 3. The van der Waals surface area contributed by atoms with E-state index in [-0.39, 0.29) is 0 Å². The van der Waals surface area contributed by atoms with E-state index >= 15 is 0 Å². The van der Waals surface area contributed by atoms with Crippen molar-refractivity contribution in [3.63, 3.8) is 0 Å². The molecule has 11 rings (SSSR count). The molecule has 2 heteroatoms. The highest BCUT2D eigenvalue weighted by Crippen LogP contribution is 2.45. The third kappa shape index (κ3) is 6.13. The Balaban J connectivity index is 1.07. The highest BCUT2D eigenvalue weighted by Gasteiger charge is 2.21. The van der Waals surface area contributed by atoms with Gasteiger partial charge in [-0.3, -0.25) is 0 Å². The van der Waals surface area contributed by atoms with Gasteiger partial charge in [-0.05, 0) is 128 Å². The molecule has 10 aromatic rings.